The maximum absolute atomic E-state index is 4.47. The summed E-state index contributed by atoms with van der Waals surface area (Å²) in [5.41, 5.74) is 2.51. The summed E-state index contributed by atoms with van der Waals surface area (Å²) in [5, 5.41) is 4.47. The Bertz CT molecular complexity index is 1190. The van der Waals surface area contributed by atoms with E-state index < -0.39 is 0 Å². The van der Waals surface area contributed by atoms with E-state index in [0.717, 1.165) is 94.9 Å². The molecular formula is C54H95N. The van der Waals surface area contributed by atoms with Crippen LogP contribution in [0.2, 0.25) is 0 Å². The number of fused-ring (bicyclic) bond motifs is 10. The van der Waals surface area contributed by atoms with Gasteiger partial charge >= 0.3 is 0 Å². The van der Waals surface area contributed by atoms with Crippen molar-refractivity contribution >= 4 is 0 Å². The average molecular weight is 758 g/mol. The molecule has 0 saturated heterocycles. The van der Waals surface area contributed by atoms with Crippen molar-refractivity contribution in [3.63, 3.8) is 0 Å². The van der Waals surface area contributed by atoms with Crippen LogP contribution in [-0.4, -0.2) is 12.1 Å². The molecule has 8 rings (SSSR count). The summed E-state index contributed by atoms with van der Waals surface area (Å²) < 4.78 is 0. The molecule has 18 atom stereocenters. The van der Waals surface area contributed by atoms with Gasteiger partial charge in [0.05, 0.1) is 0 Å². The SMILES string of the molecule is CC(C)CCC[C@@H](C)[C@H]1CC[C@H]2[C@@H]3CC[C@H]4C[C@H](N[C@@H]5CC[C@@]6(C)[C@@H](CC[C@@H]7[C@@H]6CC[C@]6(C)[C@@H]([C@H](C)CCCC(C)C)CC[C@@H]76)C5)CC[C@]4(C)[C@H]3CC[C@]12C. The Balaban J connectivity index is 0.840. The van der Waals surface area contributed by atoms with Gasteiger partial charge in [0.15, 0.2) is 0 Å². The number of rotatable bonds is 12. The normalized spacial score (nSPS) is 50.4. The van der Waals surface area contributed by atoms with Gasteiger partial charge in [-0.1, -0.05) is 108 Å². The van der Waals surface area contributed by atoms with Gasteiger partial charge in [-0.25, -0.2) is 0 Å². The summed E-state index contributed by atoms with van der Waals surface area (Å²) in [6, 6.07) is 1.59. The van der Waals surface area contributed by atoms with Crippen molar-refractivity contribution in [1.82, 2.24) is 5.32 Å². The third kappa shape index (κ3) is 7.44. The van der Waals surface area contributed by atoms with Crippen LogP contribution in [0.1, 0.15) is 223 Å². The molecule has 0 unspecified atom stereocenters. The highest BCUT2D eigenvalue weighted by Crippen LogP contribution is 2.70. The molecule has 0 bridgehead atoms. The van der Waals surface area contributed by atoms with E-state index in [1.807, 2.05) is 0 Å². The zero-order chi connectivity index (χ0) is 38.9. The Morgan fingerprint density at radius 2 is 0.800 bits per heavy atom. The van der Waals surface area contributed by atoms with Crippen LogP contribution in [-0.2, 0) is 0 Å². The lowest BCUT2D eigenvalue weighted by Crippen LogP contribution is -2.57. The molecule has 0 aliphatic heterocycles. The summed E-state index contributed by atoms with van der Waals surface area (Å²) in [6.45, 7) is 26.2. The molecule has 8 aliphatic rings. The lowest BCUT2D eigenvalue weighted by Gasteiger charge is -2.62. The van der Waals surface area contributed by atoms with Gasteiger partial charge in [0, 0.05) is 12.1 Å². The molecule has 0 aromatic carbocycles. The molecular weight excluding hydrogens is 663 g/mol. The Labute approximate surface area is 344 Å². The first kappa shape index (κ1) is 41.7. The van der Waals surface area contributed by atoms with Crippen LogP contribution in [0.25, 0.3) is 0 Å². The van der Waals surface area contributed by atoms with E-state index in [0.29, 0.717) is 21.7 Å². The van der Waals surface area contributed by atoms with E-state index >= 15 is 0 Å². The Morgan fingerprint density at radius 3 is 1.20 bits per heavy atom. The zero-order valence-electron chi connectivity index (χ0n) is 38.7. The second-order valence-corrected chi connectivity index (χ2v) is 25.5. The largest absolute Gasteiger partial charge is 0.311 e. The van der Waals surface area contributed by atoms with Crippen molar-refractivity contribution < 1.29 is 0 Å². The van der Waals surface area contributed by atoms with E-state index in [9.17, 15) is 0 Å². The lowest BCUT2D eigenvalue weighted by molar-refractivity contribution is -0.124. The molecule has 0 radical (unpaired) electrons. The van der Waals surface area contributed by atoms with Crippen LogP contribution >= 0.6 is 0 Å². The highest BCUT2D eigenvalue weighted by molar-refractivity contribution is 5.12. The van der Waals surface area contributed by atoms with Gasteiger partial charge in [0.2, 0.25) is 0 Å². The minimum atomic E-state index is 0.619. The average Bonchev–Trinajstić information content (AvgIpc) is 3.68. The summed E-state index contributed by atoms with van der Waals surface area (Å²) in [4.78, 5) is 0. The van der Waals surface area contributed by atoms with Gasteiger partial charge in [0.1, 0.15) is 0 Å². The fourth-order valence-electron chi connectivity index (χ4n) is 19.2. The Hall–Kier alpha value is -0.0400. The molecule has 0 spiro atoms. The predicted molar refractivity (Wildman–Crippen MR) is 237 cm³/mol. The quantitative estimate of drug-likeness (QED) is 0.209. The van der Waals surface area contributed by atoms with Crippen molar-refractivity contribution in [2.24, 2.45) is 105 Å². The van der Waals surface area contributed by atoms with Crippen LogP contribution in [0.15, 0.2) is 0 Å². The van der Waals surface area contributed by atoms with Crippen LogP contribution in [0.4, 0.5) is 0 Å². The molecule has 8 fully saturated rings. The topological polar surface area (TPSA) is 12.0 Å². The Kier molecular flexibility index (Phi) is 12.2. The first-order valence-corrected chi connectivity index (χ1v) is 25.9. The molecule has 0 aromatic heterocycles. The molecule has 316 valence electrons. The fourth-order valence-corrected chi connectivity index (χ4v) is 19.2. The zero-order valence-corrected chi connectivity index (χ0v) is 38.7. The van der Waals surface area contributed by atoms with Gasteiger partial charge in [-0.3, -0.25) is 0 Å². The molecule has 1 nitrogen and oxygen atoms in total. The molecule has 8 aliphatic carbocycles. The monoisotopic (exact) mass is 758 g/mol. The number of hydrogen-bond donors (Lipinski definition) is 1. The van der Waals surface area contributed by atoms with Crippen molar-refractivity contribution in [1.29, 1.82) is 0 Å². The smallest absolute Gasteiger partial charge is 0.00727 e. The number of nitrogens with one attached hydrogen (secondary N) is 1. The van der Waals surface area contributed by atoms with E-state index in [4.69, 9.17) is 0 Å². The highest BCUT2D eigenvalue weighted by Gasteiger charge is 2.62. The van der Waals surface area contributed by atoms with Crippen LogP contribution < -0.4 is 5.32 Å². The van der Waals surface area contributed by atoms with E-state index in [1.165, 1.54) is 77.0 Å². The Morgan fingerprint density at radius 1 is 0.418 bits per heavy atom. The van der Waals surface area contributed by atoms with Crippen LogP contribution in [0.3, 0.4) is 0 Å². The minimum absolute atomic E-state index is 0.619. The van der Waals surface area contributed by atoms with Crippen LogP contribution in [0, 0.1) is 105 Å². The van der Waals surface area contributed by atoms with Crippen molar-refractivity contribution in [2.45, 2.75) is 235 Å². The summed E-state index contributed by atoms with van der Waals surface area (Å²) in [7, 11) is 0. The van der Waals surface area contributed by atoms with Gasteiger partial charge < -0.3 is 5.32 Å². The number of hydrogen-bond acceptors (Lipinski definition) is 1. The highest BCUT2D eigenvalue weighted by atomic mass is 15.0. The first-order chi connectivity index (χ1) is 26.2. The molecule has 1 N–H and O–H groups in total. The van der Waals surface area contributed by atoms with Gasteiger partial charge in [-0.15, -0.1) is 0 Å². The second-order valence-electron chi connectivity index (χ2n) is 25.5. The van der Waals surface area contributed by atoms with Crippen molar-refractivity contribution in [3.8, 4) is 0 Å². The van der Waals surface area contributed by atoms with Crippen molar-refractivity contribution in [2.75, 3.05) is 0 Å². The second kappa shape index (κ2) is 16.1. The maximum atomic E-state index is 4.47. The van der Waals surface area contributed by atoms with Crippen LogP contribution in [0.5, 0.6) is 0 Å². The first-order valence-electron chi connectivity index (χ1n) is 25.9. The summed E-state index contributed by atoms with van der Waals surface area (Å²) in [5.74, 6) is 13.7. The fraction of sp³-hybridized carbons (Fsp3) is 1.00. The lowest BCUT2D eigenvalue weighted by atomic mass is 9.44. The van der Waals surface area contributed by atoms with Gasteiger partial charge in [-0.2, -0.15) is 0 Å². The summed E-state index contributed by atoms with van der Waals surface area (Å²) >= 11 is 0. The third-order valence-corrected chi connectivity index (χ3v) is 22.2. The van der Waals surface area contributed by atoms with Gasteiger partial charge in [0.25, 0.3) is 0 Å². The molecule has 8 saturated carbocycles. The standard InChI is InChI=1S/C54H95N/c1-35(2)13-11-15-37(5)45-21-23-47-43-19-17-39-33-41(25-29-51(39,7)49(43)27-31-53(45,47)9)55-42-26-30-52(8)40(34-42)18-20-44-48-24-22-46(38(6)16-12-14-36(3)4)54(48,10)32-28-50(44)52/h35-50,55H,11-34H2,1-10H3/t37-,38-,39+,40+,41-,42-,43+,44+,45-,46-,47+,48+,49+,50+,51+,52+,53-,54-/m1/s1. The van der Waals surface area contributed by atoms with E-state index in [1.54, 1.807) is 77.0 Å². The molecule has 0 amide bonds. The van der Waals surface area contributed by atoms with E-state index in [2.05, 4.69) is 74.6 Å². The maximum Gasteiger partial charge on any atom is 0.00727 e. The predicted octanol–water partition coefficient (Wildman–Crippen LogP) is 15.6. The molecule has 1 heteroatoms. The molecule has 0 aromatic rings. The minimum Gasteiger partial charge on any atom is -0.311 e. The molecule has 0 heterocycles. The third-order valence-electron chi connectivity index (χ3n) is 22.2. The van der Waals surface area contributed by atoms with Crippen molar-refractivity contribution in [3.05, 3.63) is 0 Å². The van der Waals surface area contributed by atoms with Gasteiger partial charge in [-0.05, 0) is 220 Å². The molecule has 55 heavy (non-hydrogen) atoms. The summed E-state index contributed by atoms with van der Waals surface area (Å²) in [6.07, 6.45) is 36.3. The van der Waals surface area contributed by atoms with E-state index in [-0.39, 0.29) is 0 Å².